The van der Waals surface area contributed by atoms with Crippen LogP contribution in [0.15, 0.2) is 24.3 Å². The molecule has 0 aromatic heterocycles. The van der Waals surface area contributed by atoms with Gasteiger partial charge in [0.15, 0.2) is 0 Å². The van der Waals surface area contributed by atoms with Gasteiger partial charge in [0.25, 0.3) is 0 Å². The molecular weight excluding hydrogens is 198 g/mol. The fourth-order valence-electron chi connectivity index (χ4n) is 1.33. The van der Waals surface area contributed by atoms with Gasteiger partial charge in [0, 0.05) is 5.02 Å². The topological polar surface area (TPSA) is 46.2 Å². The first-order chi connectivity index (χ1) is 6.52. The third-order valence-corrected chi connectivity index (χ3v) is 2.52. The molecule has 0 radical (unpaired) electrons. The van der Waals surface area contributed by atoms with E-state index in [2.05, 4.69) is 0 Å². The van der Waals surface area contributed by atoms with E-state index in [0.29, 0.717) is 5.02 Å². The summed E-state index contributed by atoms with van der Waals surface area (Å²) >= 11 is 5.84. The number of hydrogen-bond acceptors (Lipinski definition) is 2. The molecule has 2 atom stereocenters. The third kappa shape index (κ3) is 2.71. The molecule has 78 valence electrons. The SMILES string of the molecule is CC(C)[C@H](O)[C@H](N)c1cccc(Cl)c1. The van der Waals surface area contributed by atoms with Crippen molar-refractivity contribution in [3.8, 4) is 0 Å². The first-order valence-electron chi connectivity index (χ1n) is 4.71. The molecule has 1 aromatic carbocycles. The van der Waals surface area contributed by atoms with Crippen molar-refractivity contribution in [2.45, 2.75) is 26.0 Å². The smallest absolute Gasteiger partial charge is 0.0755 e. The Labute approximate surface area is 89.7 Å². The van der Waals surface area contributed by atoms with Gasteiger partial charge >= 0.3 is 0 Å². The van der Waals surface area contributed by atoms with Crippen molar-refractivity contribution >= 4 is 11.6 Å². The van der Waals surface area contributed by atoms with Crippen molar-refractivity contribution in [3.63, 3.8) is 0 Å². The first kappa shape index (κ1) is 11.5. The average molecular weight is 214 g/mol. The van der Waals surface area contributed by atoms with Crippen molar-refractivity contribution < 1.29 is 5.11 Å². The number of rotatable bonds is 3. The van der Waals surface area contributed by atoms with Crippen LogP contribution in [0.4, 0.5) is 0 Å². The van der Waals surface area contributed by atoms with E-state index in [9.17, 15) is 5.11 Å². The van der Waals surface area contributed by atoms with Gasteiger partial charge in [0.1, 0.15) is 0 Å². The Morgan fingerprint density at radius 1 is 1.36 bits per heavy atom. The average Bonchev–Trinajstić information content (AvgIpc) is 2.15. The van der Waals surface area contributed by atoms with E-state index in [0.717, 1.165) is 5.56 Å². The Kier molecular flexibility index (Phi) is 3.93. The zero-order valence-electron chi connectivity index (χ0n) is 8.44. The van der Waals surface area contributed by atoms with Crippen molar-refractivity contribution in [3.05, 3.63) is 34.9 Å². The zero-order valence-corrected chi connectivity index (χ0v) is 9.20. The second-order valence-electron chi connectivity index (χ2n) is 3.82. The Morgan fingerprint density at radius 2 is 2.00 bits per heavy atom. The highest BCUT2D eigenvalue weighted by Gasteiger charge is 2.19. The first-order valence-corrected chi connectivity index (χ1v) is 5.09. The largest absolute Gasteiger partial charge is 0.391 e. The maximum Gasteiger partial charge on any atom is 0.0755 e. The third-order valence-electron chi connectivity index (χ3n) is 2.28. The summed E-state index contributed by atoms with van der Waals surface area (Å²) in [5, 5.41) is 10.4. The van der Waals surface area contributed by atoms with Crippen LogP contribution in [-0.4, -0.2) is 11.2 Å². The number of nitrogens with two attached hydrogens (primary N) is 1. The summed E-state index contributed by atoms with van der Waals surface area (Å²) in [6.45, 7) is 3.88. The standard InChI is InChI=1S/C11H16ClNO/c1-7(2)11(14)10(13)8-4-3-5-9(12)6-8/h3-7,10-11,14H,13H2,1-2H3/t10-,11+/m1/s1. The van der Waals surface area contributed by atoms with E-state index in [1.807, 2.05) is 26.0 Å². The van der Waals surface area contributed by atoms with Crippen LogP contribution in [-0.2, 0) is 0 Å². The van der Waals surface area contributed by atoms with Crippen molar-refractivity contribution in [1.29, 1.82) is 0 Å². The second-order valence-corrected chi connectivity index (χ2v) is 4.25. The van der Waals surface area contributed by atoms with Gasteiger partial charge in [-0.05, 0) is 23.6 Å². The quantitative estimate of drug-likeness (QED) is 0.810. The van der Waals surface area contributed by atoms with E-state index in [1.54, 1.807) is 12.1 Å². The maximum absolute atomic E-state index is 9.77. The number of halogens is 1. The summed E-state index contributed by atoms with van der Waals surface area (Å²) in [6, 6.07) is 6.93. The molecule has 0 heterocycles. The second kappa shape index (κ2) is 4.78. The Morgan fingerprint density at radius 3 is 2.50 bits per heavy atom. The number of aliphatic hydroxyl groups excluding tert-OH is 1. The minimum atomic E-state index is -0.534. The summed E-state index contributed by atoms with van der Waals surface area (Å²) < 4.78 is 0. The molecule has 0 fully saturated rings. The minimum absolute atomic E-state index is 0.143. The van der Waals surface area contributed by atoms with Crippen molar-refractivity contribution in [2.24, 2.45) is 11.7 Å². The van der Waals surface area contributed by atoms with Gasteiger partial charge in [0.05, 0.1) is 12.1 Å². The summed E-state index contributed by atoms with van der Waals surface area (Å²) in [6.07, 6.45) is -0.534. The summed E-state index contributed by atoms with van der Waals surface area (Å²) in [5.41, 5.74) is 6.77. The van der Waals surface area contributed by atoms with Crippen LogP contribution in [0.25, 0.3) is 0 Å². The molecule has 3 N–H and O–H groups in total. The Hall–Kier alpha value is -0.570. The maximum atomic E-state index is 9.77. The van der Waals surface area contributed by atoms with E-state index >= 15 is 0 Å². The zero-order chi connectivity index (χ0) is 10.7. The normalized spacial score (nSPS) is 15.6. The summed E-state index contributed by atoms with van der Waals surface area (Å²) in [4.78, 5) is 0. The highest BCUT2D eigenvalue weighted by molar-refractivity contribution is 6.30. The molecule has 1 aromatic rings. The molecule has 14 heavy (non-hydrogen) atoms. The van der Waals surface area contributed by atoms with Gasteiger partial charge in [-0.15, -0.1) is 0 Å². The molecule has 1 rings (SSSR count). The van der Waals surface area contributed by atoms with Crippen LogP contribution in [0.5, 0.6) is 0 Å². The molecular formula is C11H16ClNO. The minimum Gasteiger partial charge on any atom is -0.391 e. The van der Waals surface area contributed by atoms with Gasteiger partial charge in [-0.25, -0.2) is 0 Å². The van der Waals surface area contributed by atoms with Crippen molar-refractivity contribution in [2.75, 3.05) is 0 Å². The van der Waals surface area contributed by atoms with Gasteiger partial charge in [-0.1, -0.05) is 37.6 Å². The molecule has 3 heteroatoms. The fraction of sp³-hybridized carbons (Fsp3) is 0.455. The number of hydrogen-bond donors (Lipinski definition) is 2. The molecule has 0 saturated carbocycles. The van der Waals surface area contributed by atoms with Crippen LogP contribution in [0.3, 0.4) is 0 Å². The van der Waals surface area contributed by atoms with Crippen LogP contribution in [0.1, 0.15) is 25.5 Å². The van der Waals surface area contributed by atoms with Crippen molar-refractivity contribution in [1.82, 2.24) is 0 Å². The summed E-state index contributed by atoms with van der Waals surface area (Å²) in [5.74, 6) is 0.143. The van der Waals surface area contributed by atoms with Gasteiger partial charge in [0.2, 0.25) is 0 Å². The van der Waals surface area contributed by atoms with Crippen LogP contribution < -0.4 is 5.73 Å². The van der Waals surface area contributed by atoms with Crippen LogP contribution in [0.2, 0.25) is 5.02 Å². The molecule has 2 nitrogen and oxygen atoms in total. The van der Waals surface area contributed by atoms with Gasteiger partial charge in [-0.3, -0.25) is 0 Å². The molecule has 0 aliphatic heterocycles. The number of aliphatic hydroxyl groups is 1. The molecule has 0 saturated heterocycles. The van der Waals surface area contributed by atoms with E-state index in [1.165, 1.54) is 0 Å². The van der Waals surface area contributed by atoms with Gasteiger partial charge in [-0.2, -0.15) is 0 Å². The van der Waals surface area contributed by atoms with Crippen LogP contribution in [0, 0.1) is 5.92 Å². The fourth-order valence-corrected chi connectivity index (χ4v) is 1.52. The lowest BCUT2D eigenvalue weighted by molar-refractivity contribution is 0.0979. The lowest BCUT2D eigenvalue weighted by Crippen LogP contribution is -2.30. The lowest BCUT2D eigenvalue weighted by atomic mass is 9.95. The molecule has 0 unspecified atom stereocenters. The van der Waals surface area contributed by atoms with E-state index in [4.69, 9.17) is 17.3 Å². The predicted octanol–water partition coefficient (Wildman–Crippen LogP) is 2.36. The molecule has 0 aliphatic rings. The van der Waals surface area contributed by atoms with Gasteiger partial charge < -0.3 is 10.8 Å². The highest BCUT2D eigenvalue weighted by atomic mass is 35.5. The van der Waals surface area contributed by atoms with Crippen LogP contribution >= 0.6 is 11.6 Å². The Bertz CT molecular complexity index is 301. The monoisotopic (exact) mass is 213 g/mol. The van der Waals surface area contributed by atoms with E-state index < -0.39 is 6.10 Å². The van der Waals surface area contributed by atoms with E-state index in [-0.39, 0.29) is 12.0 Å². The predicted molar refractivity (Wildman–Crippen MR) is 59.2 cm³/mol. The highest BCUT2D eigenvalue weighted by Crippen LogP contribution is 2.21. The molecule has 0 amide bonds. The lowest BCUT2D eigenvalue weighted by Gasteiger charge is -2.22. The number of benzene rings is 1. The summed E-state index contributed by atoms with van der Waals surface area (Å²) in [7, 11) is 0. The molecule has 0 aliphatic carbocycles. The molecule has 0 spiro atoms. The Balaban J connectivity index is 2.83. The molecule has 0 bridgehead atoms.